The van der Waals surface area contributed by atoms with E-state index < -0.39 is 11.8 Å². The number of piperazine rings is 1. The van der Waals surface area contributed by atoms with E-state index in [1.54, 1.807) is 31.5 Å². The number of hydrogen-bond donors (Lipinski definition) is 1. The fraction of sp³-hybridized carbons (Fsp3) is 0.357. The molecular formula is C14H16N6O3. The van der Waals surface area contributed by atoms with Gasteiger partial charge in [-0.1, -0.05) is 5.16 Å². The van der Waals surface area contributed by atoms with E-state index in [0.717, 1.165) is 0 Å². The van der Waals surface area contributed by atoms with E-state index in [9.17, 15) is 9.59 Å². The molecule has 0 atom stereocenters. The molecule has 9 nitrogen and oxygen atoms in total. The summed E-state index contributed by atoms with van der Waals surface area (Å²) in [7, 11) is 0. The maximum Gasteiger partial charge on any atom is 0.315 e. The Balaban J connectivity index is 1.54. The number of nitrogens with one attached hydrogen (secondary N) is 1. The Bertz CT molecular complexity index is 694. The molecule has 1 fully saturated rings. The van der Waals surface area contributed by atoms with Gasteiger partial charge in [-0.2, -0.15) is 0 Å². The summed E-state index contributed by atoms with van der Waals surface area (Å²) in [5, 5.41) is 6.06. The number of hydrogen-bond acceptors (Lipinski definition) is 7. The van der Waals surface area contributed by atoms with Crippen molar-refractivity contribution in [1.82, 2.24) is 20.0 Å². The maximum atomic E-state index is 12.2. The van der Waals surface area contributed by atoms with Crippen LogP contribution < -0.4 is 10.2 Å². The van der Waals surface area contributed by atoms with Crippen molar-refractivity contribution < 1.29 is 14.1 Å². The highest BCUT2D eigenvalue weighted by Gasteiger charge is 2.27. The largest absolute Gasteiger partial charge is 0.360 e. The fourth-order valence-corrected chi connectivity index (χ4v) is 2.30. The first-order valence-electron chi connectivity index (χ1n) is 7.19. The van der Waals surface area contributed by atoms with Gasteiger partial charge in [0.05, 0.1) is 0 Å². The molecule has 3 rings (SSSR count). The first kappa shape index (κ1) is 14.9. The normalized spacial score (nSPS) is 14.7. The summed E-state index contributed by atoms with van der Waals surface area (Å²) in [4.78, 5) is 35.9. The molecule has 1 N–H and O–H groups in total. The summed E-state index contributed by atoms with van der Waals surface area (Å²) in [6.45, 7) is 3.72. The lowest BCUT2D eigenvalue weighted by molar-refractivity contribution is -0.143. The van der Waals surface area contributed by atoms with Crippen LogP contribution in [-0.4, -0.2) is 58.0 Å². The molecule has 23 heavy (non-hydrogen) atoms. The molecule has 9 heteroatoms. The molecule has 2 aromatic heterocycles. The Morgan fingerprint density at radius 2 is 1.87 bits per heavy atom. The van der Waals surface area contributed by atoms with Crippen LogP contribution in [-0.2, 0) is 9.59 Å². The average Bonchev–Trinajstić information content (AvgIpc) is 3.00. The van der Waals surface area contributed by atoms with Gasteiger partial charge in [-0.3, -0.25) is 14.9 Å². The molecule has 0 bridgehead atoms. The Labute approximate surface area is 132 Å². The maximum absolute atomic E-state index is 12.2. The van der Waals surface area contributed by atoms with Gasteiger partial charge in [0.15, 0.2) is 5.82 Å². The first-order valence-corrected chi connectivity index (χ1v) is 7.19. The van der Waals surface area contributed by atoms with Crippen LogP contribution in [0.5, 0.6) is 0 Å². The van der Waals surface area contributed by atoms with Crippen molar-refractivity contribution >= 4 is 23.6 Å². The van der Waals surface area contributed by atoms with Crippen LogP contribution in [0.3, 0.4) is 0 Å². The van der Waals surface area contributed by atoms with Crippen molar-refractivity contribution in [2.24, 2.45) is 0 Å². The van der Waals surface area contributed by atoms with Crippen molar-refractivity contribution in [3.05, 3.63) is 30.3 Å². The molecule has 2 aromatic rings. The third kappa shape index (κ3) is 3.44. The highest BCUT2D eigenvalue weighted by molar-refractivity contribution is 6.39. The number of aryl methyl sites for hydroxylation is 1. The Hall–Kier alpha value is -2.97. The van der Waals surface area contributed by atoms with Gasteiger partial charge in [0.2, 0.25) is 5.95 Å². The molecule has 0 aromatic carbocycles. The first-order chi connectivity index (χ1) is 11.1. The number of carbonyl (C=O) groups is 2. The van der Waals surface area contributed by atoms with Crippen LogP contribution >= 0.6 is 0 Å². The number of amides is 2. The lowest BCUT2D eigenvalue weighted by Crippen LogP contribution is -2.52. The van der Waals surface area contributed by atoms with E-state index in [0.29, 0.717) is 37.9 Å². The Kier molecular flexibility index (Phi) is 4.18. The van der Waals surface area contributed by atoms with Crippen molar-refractivity contribution in [2.45, 2.75) is 6.92 Å². The second-order valence-electron chi connectivity index (χ2n) is 5.10. The smallest absolute Gasteiger partial charge is 0.315 e. The lowest BCUT2D eigenvalue weighted by Gasteiger charge is -2.34. The van der Waals surface area contributed by atoms with Crippen molar-refractivity contribution in [1.29, 1.82) is 0 Å². The summed E-state index contributed by atoms with van der Waals surface area (Å²) in [5.41, 5.74) is 0. The quantitative estimate of drug-likeness (QED) is 0.781. The SMILES string of the molecule is Cc1cc(NC(=O)C(=O)N2CCN(c3ncccn3)CC2)no1. The van der Waals surface area contributed by atoms with Crippen LogP contribution in [0.25, 0.3) is 0 Å². The monoisotopic (exact) mass is 316 g/mol. The van der Waals surface area contributed by atoms with Gasteiger partial charge in [-0.25, -0.2) is 9.97 Å². The summed E-state index contributed by atoms with van der Waals surface area (Å²) in [6.07, 6.45) is 3.35. The standard InChI is InChI=1S/C14H16N6O3/c1-10-9-11(18-23-10)17-12(21)13(22)19-5-7-20(8-6-19)14-15-3-2-4-16-14/h2-4,9H,5-8H2,1H3,(H,17,18,21). The number of anilines is 2. The number of rotatable bonds is 2. The van der Waals surface area contributed by atoms with Gasteiger partial charge >= 0.3 is 11.8 Å². The summed E-state index contributed by atoms with van der Waals surface area (Å²) >= 11 is 0. The van der Waals surface area contributed by atoms with E-state index in [-0.39, 0.29) is 5.82 Å². The molecule has 2 amide bonds. The molecule has 0 saturated carbocycles. The van der Waals surface area contributed by atoms with E-state index in [4.69, 9.17) is 4.52 Å². The van der Waals surface area contributed by atoms with E-state index >= 15 is 0 Å². The molecule has 0 aliphatic carbocycles. The average molecular weight is 316 g/mol. The molecular weight excluding hydrogens is 300 g/mol. The van der Waals surface area contributed by atoms with Crippen LogP contribution in [0.2, 0.25) is 0 Å². The van der Waals surface area contributed by atoms with Crippen molar-refractivity contribution in [3.63, 3.8) is 0 Å². The second kappa shape index (κ2) is 6.42. The molecule has 1 aliphatic heterocycles. The summed E-state index contributed by atoms with van der Waals surface area (Å²) in [5.74, 6) is 0.116. The number of aromatic nitrogens is 3. The zero-order valence-corrected chi connectivity index (χ0v) is 12.6. The van der Waals surface area contributed by atoms with Crippen LogP contribution in [0.1, 0.15) is 5.76 Å². The summed E-state index contributed by atoms with van der Waals surface area (Å²) in [6, 6.07) is 3.30. The summed E-state index contributed by atoms with van der Waals surface area (Å²) < 4.78 is 4.84. The van der Waals surface area contributed by atoms with Crippen molar-refractivity contribution in [2.75, 3.05) is 36.4 Å². The molecule has 3 heterocycles. The van der Waals surface area contributed by atoms with Gasteiger partial charge in [0.1, 0.15) is 5.76 Å². The third-order valence-corrected chi connectivity index (χ3v) is 3.47. The molecule has 1 saturated heterocycles. The van der Waals surface area contributed by atoms with Gasteiger partial charge in [0, 0.05) is 44.6 Å². The van der Waals surface area contributed by atoms with Crippen molar-refractivity contribution in [3.8, 4) is 0 Å². The molecule has 1 aliphatic rings. The second-order valence-corrected chi connectivity index (χ2v) is 5.10. The molecule has 0 radical (unpaired) electrons. The van der Waals surface area contributed by atoms with E-state index in [2.05, 4.69) is 20.4 Å². The number of carbonyl (C=O) groups excluding carboxylic acids is 2. The van der Waals surface area contributed by atoms with Gasteiger partial charge in [-0.15, -0.1) is 0 Å². The predicted octanol–water partition coefficient (Wildman–Crippen LogP) is 0.0603. The Morgan fingerprint density at radius 3 is 2.48 bits per heavy atom. The highest BCUT2D eigenvalue weighted by atomic mass is 16.5. The lowest BCUT2D eigenvalue weighted by atomic mass is 10.3. The minimum Gasteiger partial charge on any atom is -0.360 e. The van der Waals surface area contributed by atoms with Crippen LogP contribution in [0.4, 0.5) is 11.8 Å². The topological polar surface area (TPSA) is 104 Å². The zero-order valence-electron chi connectivity index (χ0n) is 12.6. The zero-order chi connectivity index (χ0) is 16.2. The molecule has 0 unspecified atom stereocenters. The van der Waals surface area contributed by atoms with Gasteiger partial charge in [0.25, 0.3) is 0 Å². The van der Waals surface area contributed by atoms with Crippen LogP contribution in [0.15, 0.2) is 29.0 Å². The Morgan fingerprint density at radius 1 is 1.17 bits per heavy atom. The minimum absolute atomic E-state index is 0.233. The highest BCUT2D eigenvalue weighted by Crippen LogP contribution is 2.11. The van der Waals surface area contributed by atoms with Gasteiger partial charge < -0.3 is 14.3 Å². The van der Waals surface area contributed by atoms with E-state index in [1.165, 1.54) is 4.90 Å². The molecule has 0 spiro atoms. The van der Waals surface area contributed by atoms with Crippen LogP contribution in [0, 0.1) is 6.92 Å². The van der Waals surface area contributed by atoms with E-state index in [1.807, 2.05) is 4.90 Å². The van der Waals surface area contributed by atoms with Gasteiger partial charge in [-0.05, 0) is 13.0 Å². The predicted molar refractivity (Wildman–Crippen MR) is 80.7 cm³/mol. The third-order valence-electron chi connectivity index (χ3n) is 3.47. The minimum atomic E-state index is -0.720. The fourth-order valence-electron chi connectivity index (χ4n) is 2.30. The number of nitrogens with zero attached hydrogens (tertiary/aromatic N) is 5. The molecule has 120 valence electrons.